The number of aromatic nitrogens is 1. The molecule has 0 spiro atoms. The van der Waals surface area contributed by atoms with Crippen LogP contribution in [0.3, 0.4) is 0 Å². The molecule has 1 aliphatic rings. The highest BCUT2D eigenvalue weighted by Crippen LogP contribution is 2.42. The number of carbonyl (C=O) groups excluding carboxylic acids is 1. The Morgan fingerprint density at radius 3 is 2.56 bits per heavy atom. The van der Waals surface area contributed by atoms with Crippen LogP contribution < -0.4 is 9.47 Å². The molecule has 0 bridgehead atoms. The number of ether oxygens (including phenoxy) is 2. The van der Waals surface area contributed by atoms with E-state index in [-0.39, 0.29) is 17.6 Å². The molecule has 6 nitrogen and oxygen atoms in total. The Morgan fingerprint density at radius 1 is 1.24 bits per heavy atom. The number of carboxylic acid groups (broad SMARTS) is 1. The highest BCUT2D eigenvalue weighted by Gasteiger charge is 2.29. The quantitative estimate of drug-likeness (QED) is 0.386. The Kier molecular flexibility index (Phi) is 6.69. The highest BCUT2D eigenvalue weighted by molar-refractivity contribution is 7.12. The summed E-state index contributed by atoms with van der Waals surface area (Å²) in [6.45, 7) is 8.73. The van der Waals surface area contributed by atoms with E-state index in [2.05, 4.69) is 25.8 Å². The maximum Gasteiger partial charge on any atom is 0.311 e. The van der Waals surface area contributed by atoms with E-state index in [0.29, 0.717) is 46.4 Å². The number of nitrogens with zero attached hydrogens (tertiary/aromatic N) is 1. The van der Waals surface area contributed by atoms with Crippen LogP contribution in [-0.4, -0.2) is 28.4 Å². The van der Waals surface area contributed by atoms with E-state index in [9.17, 15) is 14.7 Å². The van der Waals surface area contributed by atoms with Crippen LogP contribution in [0, 0.1) is 6.92 Å². The van der Waals surface area contributed by atoms with Crippen LogP contribution in [0.25, 0.3) is 0 Å². The largest absolute Gasteiger partial charge is 0.493 e. The SMILES string of the molecule is Cc1nc(CC(=O)c2ccc(Oc3cc4c(cc3Cl)C(C(=O)O)CCO4)cc2)sc1C(C)(C)C. The number of carboxylic acids is 1. The second-order valence-electron chi connectivity index (χ2n) is 9.35. The molecule has 0 aliphatic carbocycles. The van der Waals surface area contributed by atoms with Gasteiger partial charge in [-0.1, -0.05) is 32.4 Å². The highest BCUT2D eigenvalue weighted by atomic mass is 35.5. The number of aryl methyl sites for hydroxylation is 1. The lowest BCUT2D eigenvalue weighted by Gasteiger charge is -2.24. The lowest BCUT2D eigenvalue weighted by Crippen LogP contribution is -2.20. The molecule has 0 saturated carbocycles. The fraction of sp³-hybridized carbons (Fsp3) is 0.346. The van der Waals surface area contributed by atoms with Crippen LogP contribution in [0.5, 0.6) is 17.2 Å². The van der Waals surface area contributed by atoms with Crippen molar-refractivity contribution in [1.82, 2.24) is 4.98 Å². The van der Waals surface area contributed by atoms with Gasteiger partial charge in [0.1, 0.15) is 22.3 Å². The standard InChI is InChI=1S/C26H26ClNO5S/c1-14-24(26(2,3)4)34-23(28-14)12-20(29)15-5-7-16(8-6-15)33-22-13-21-18(11-19(22)27)17(25(30)31)9-10-32-21/h5-8,11,13,17H,9-10,12H2,1-4H3,(H,30,31). The van der Waals surface area contributed by atoms with Crippen LogP contribution in [0.2, 0.25) is 5.02 Å². The summed E-state index contributed by atoms with van der Waals surface area (Å²) in [5.41, 5.74) is 2.09. The number of aliphatic carboxylic acids is 1. The molecule has 4 rings (SSSR count). The topological polar surface area (TPSA) is 85.7 Å². The molecule has 178 valence electrons. The fourth-order valence-corrected chi connectivity index (χ4v) is 5.36. The minimum Gasteiger partial charge on any atom is -0.493 e. The zero-order chi connectivity index (χ0) is 24.6. The number of ketones is 1. The molecule has 1 unspecified atom stereocenters. The average Bonchev–Trinajstić information content (AvgIpc) is 3.14. The Labute approximate surface area is 207 Å². The summed E-state index contributed by atoms with van der Waals surface area (Å²) in [5.74, 6) is -0.250. The lowest BCUT2D eigenvalue weighted by atomic mass is 9.93. The Hall–Kier alpha value is -2.90. The van der Waals surface area contributed by atoms with Gasteiger partial charge in [-0.25, -0.2) is 4.98 Å². The van der Waals surface area contributed by atoms with E-state index in [1.54, 1.807) is 47.7 Å². The summed E-state index contributed by atoms with van der Waals surface area (Å²) in [6, 6.07) is 10.0. The van der Waals surface area contributed by atoms with Crippen molar-refractivity contribution >= 4 is 34.7 Å². The first-order valence-corrected chi connectivity index (χ1v) is 12.2. The predicted octanol–water partition coefficient (Wildman–Crippen LogP) is 6.57. The first-order chi connectivity index (χ1) is 16.0. The first-order valence-electron chi connectivity index (χ1n) is 11.0. The summed E-state index contributed by atoms with van der Waals surface area (Å²) >= 11 is 7.96. The number of Topliss-reactive ketones (excluding diaryl/α,β-unsaturated/α-hetero) is 1. The second-order valence-corrected chi connectivity index (χ2v) is 10.8. The van der Waals surface area contributed by atoms with Crippen molar-refractivity contribution in [2.75, 3.05) is 6.61 Å². The molecule has 0 saturated heterocycles. The van der Waals surface area contributed by atoms with Gasteiger partial charge in [-0.15, -0.1) is 11.3 Å². The van der Waals surface area contributed by atoms with Gasteiger partial charge < -0.3 is 14.6 Å². The van der Waals surface area contributed by atoms with Crippen molar-refractivity contribution in [3.05, 3.63) is 68.1 Å². The van der Waals surface area contributed by atoms with E-state index in [0.717, 1.165) is 10.7 Å². The zero-order valence-electron chi connectivity index (χ0n) is 19.5. The van der Waals surface area contributed by atoms with Crippen molar-refractivity contribution in [2.45, 2.75) is 51.9 Å². The molecule has 34 heavy (non-hydrogen) atoms. The predicted molar refractivity (Wildman–Crippen MR) is 132 cm³/mol. The molecule has 0 fully saturated rings. The number of fused-ring (bicyclic) bond motifs is 1. The van der Waals surface area contributed by atoms with Crippen molar-refractivity contribution in [3.63, 3.8) is 0 Å². The molecule has 1 atom stereocenters. The van der Waals surface area contributed by atoms with Crippen molar-refractivity contribution in [2.24, 2.45) is 0 Å². The number of rotatable bonds is 6. The number of hydrogen-bond donors (Lipinski definition) is 1. The summed E-state index contributed by atoms with van der Waals surface area (Å²) < 4.78 is 11.5. The maximum absolute atomic E-state index is 12.8. The van der Waals surface area contributed by atoms with Crippen LogP contribution in [0.4, 0.5) is 0 Å². The van der Waals surface area contributed by atoms with Crippen molar-refractivity contribution in [3.8, 4) is 17.2 Å². The van der Waals surface area contributed by atoms with Crippen LogP contribution >= 0.6 is 22.9 Å². The third kappa shape index (κ3) is 5.10. The normalized spacial score (nSPS) is 15.4. The summed E-state index contributed by atoms with van der Waals surface area (Å²) in [7, 11) is 0. The first kappa shape index (κ1) is 24.2. The van der Waals surface area contributed by atoms with Gasteiger partial charge in [0.05, 0.1) is 29.7 Å². The molecule has 8 heteroatoms. The molecule has 1 aliphatic heterocycles. The lowest BCUT2D eigenvalue weighted by molar-refractivity contribution is -0.139. The molecule has 2 heterocycles. The van der Waals surface area contributed by atoms with Gasteiger partial charge in [-0.3, -0.25) is 9.59 Å². The van der Waals surface area contributed by atoms with Crippen LogP contribution in [0.1, 0.15) is 64.6 Å². The molecule has 1 aromatic heterocycles. The van der Waals surface area contributed by atoms with Crippen LogP contribution in [0.15, 0.2) is 36.4 Å². The summed E-state index contributed by atoms with van der Waals surface area (Å²) in [4.78, 5) is 30.1. The van der Waals surface area contributed by atoms with E-state index >= 15 is 0 Å². The monoisotopic (exact) mass is 499 g/mol. The number of benzene rings is 2. The maximum atomic E-state index is 12.8. The van der Waals surface area contributed by atoms with Crippen LogP contribution in [-0.2, 0) is 16.6 Å². The molecule has 3 aromatic rings. The number of carbonyl (C=O) groups is 2. The smallest absolute Gasteiger partial charge is 0.311 e. The van der Waals surface area contributed by atoms with Gasteiger partial charge in [-0.2, -0.15) is 0 Å². The Balaban J connectivity index is 1.47. The zero-order valence-corrected chi connectivity index (χ0v) is 21.0. The minimum absolute atomic E-state index is 0.000426. The van der Waals surface area contributed by atoms with E-state index in [1.807, 2.05) is 6.92 Å². The van der Waals surface area contributed by atoms with Crippen molar-refractivity contribution < 1.29 is 24.2 Å². The Morgan fingerprint density at radius 2 is 1.94 bits per heavy atom. The van der Waals surface area contributed by atoms with Gasteiger partial charge in [0.15, 0.2) is 5.78 Å². The molecule has 0 radical (unpaired) electrons. The van der Waals surface area contributed by atoms with Gasteiger partial charge in [0.2, 0.25) is 0 Å². The average molecular weight is 500 g/mol. The van der Waals surface area contributed by atoms with Gasteiger partial charge in [0.25, 0.3) is 0 Å². The molecular weight excluding hydrogens is 474 g/mol. The summed E-state index contributed by atoms with van der Waals surface area (Å²) in [6.07, 6.45) is 0.646. The molecule has 2 aromatic carbocycles. The van der Waals surface area contributed by atoms with Gasteiger partial charge in [-0.05, 0) is 49.1 Å². The third-order valence-electron chi connectivity index (χ3n) is 5.64. The molecule has 0 amide bonds. The van der Waals surface area contributed by atoms with Gasteiger partial charge >= 0.3 is 5.97 Å². The van der Waals surface area contributed by atoms with Crippen molar-refractivity contribution in [1.29, 1.82) is 0 Å². The number of halogens is 1. The number of hydrogen-bond acceptors (Lipinski definition) is 6. The minimum atomic E-state index is -0.905. The third-order valence-corrected chi connectivity index (χ3v) is 7.52. The van der Waals surface area contributed by atoms with Gasteiger partial charge in [0, 0.05) is 22.1 Å². The Bertz CT molecular complexity index is 1240. The van der Waals surface area contributed by atoms with E-state index in [4.69, 9.17) is 21.1 Å². The fourth-order valence-electron chi connectivity index (χ4n) is 4.02. The number of thiazole rings is 1. The molecular formula is C26H26ClNO5S. The van der Waals surface area contributed by atoms with E-state index in [1.165, 1.54) is 4.88 Å². The second kappa shape index (κ2) is 9.39. The molecule has 1 N–H and O–H groups in total. The van der Waals surface area contributed by atoms with E-state index < -0.39 is 11.9 Å². The summed E-state index contributed by atoms with van der Waals surface area (Å²) in [5, 5.41) is 10.5.